The van der Waals surface area contributed by atoms with E-state index in [1.807, 2.05) is 85.8 Å². The van der Waals surface area contributed by atoms with Crippen LogP contribution in [0.15, 0.2) is 84.9 Å². The van der Waals surface area contributed by atoms with Crippen molar-refractivity contribution in [3.63, 3.8) is 0 Å². The van der Waals surface area contributed by atoms with Gasteiger partial charge in [-0.25, -0.2) is 0 Å². The van der Waals surface area contributed by atoms with Crippen LogP contribution in [0.2, 0.25) is 0 Å². The van der Waals surface area contributed by atoms with Crippen molar-refractivity contribution in [3.05, 3.63) is 102 Å². The smallest absolute Gasteiger partial charge is 0.292 e. The monoisotopic (exact) mass is 442 g/mol. The van der Waals surface area contributed by atoms with Crippen molar-refractivity contribution in [2.24, 2.45) is 0 Å². The molecule has 0 spiro atoms. The minimum absolute atomic E-state index is 0.588. The number of anilines is 1. The predicted octanol–water partition coefficient (Wildman–Crippen LogP) is 5.67. The van der Waals surface area contributed by atoms with Gasteiger partial charge in [0.25, 0.3) is 10.1 Å². The van der Waals surface area contributed by atoms with E-state index in [2.05, 4.69) is 5.32 Å². The Morgan fingerprint density at radius 1 is 0.875 bits per heavy atom. The minimum Gasteiger partial charge on any atom is -0.359 e. The van der Waals surface area contributed by atoms with Crippen molar-refractivity contribution >= 4 is 32.3 Å². The molecule has 0 saturated carbocycles. The lowest BCUT2D eigenvalue weighted by Crippen LogP contribution is -2.43. The van der Waals surface area contributed by atoms with Gasteiger partial charge in [-0.2, -0.15) is 8.42 Å². The van der Waals surface area contributed by atoms with E-state index in [0.717, 1.165) is 38.9 Å². The SMILES string of the molecule is Cc1cc(-c2ccccc2)c2ccc3c(c2n1)NC(C)(S(=O)(=O)O)C=C3c1ccccc1. The summed E-state index contributed by atoms with van der Waals surface area (Å²) in [6, 6.07) is 25.6. The summed E-state index contributed by atoms with van der Waals surface area (Å²) in [6.45, 7) is 3.38. The fraction of sp³-hybridized carbons (Fsp3) is 0.115. The Morgan fingerprint density at radius 2 is 1.50 bits per heavy atom. The van der Waals surface area contributed by atoms with E-state index in [9.17, 15) is 13.0 Å². The van der Waals surface area contributed by atoms with Crippen molar-refractivity contribution in [1.29, 1.82) is 0 Å². The molecule has 0 aliphatic carbocycles. The summed E-state index contributed by atoms with van der Waals surface area (Å²) in [5, 5.41) is 3.99. The predicted molar refractivity (Wildman–Crippen MR) is 129 cm³/mol. The molecule has 1 aliphatic heterocycles. The molecule has 6 heteroatoms. The lowest BCUT2D eigenvalue weighted by Gasteiger charge is -2.33. The Hall–Kier alpha value is -3.48. The summed E-state index contributed by atoms with van der Waals surface area (Å²) >= 11 is 0. The maximum atomic E-state index is 12.4. The van der Waals surface area contributed by atoms with Crippen LogP contribution in [0, 0.1) is 6.92 Å². The molecule has 1 unspecified atom stereocenters. The highest BCUT2D eigenvalue weighted by molar-refractivity contribution is 7.87. The third-order valence-electron chi connectivity index (χ3n) is 5.90. The van der Waals surface area contributed by atoms with Crippen LogP contribution >= 0.6 is 0 Å². The molecule has 2 heterocycles. The molecule has 0 fully saturated rings. The molecular formula is C26H22N2O3S. The first kappa shape index (κ1) is 20.4. The molecule has 1 aromatic heterocycles. The van der Waals surface area contributed by atoms with Crippen LogP contribution < -0.4 is 5.32 Å². The molecule has 3 aromatic carbocycles. The lowest BCUT2D eigenvalue weighted by molar-refractivity contribution is 0.461. The standard InChI is InChI=1S/C26H22N2O3S/c1-17-15-22(18-9-5-3-6-10-18)20-13-14-21-23(19-11-7-4-8-12-19)16-26(2,32(29,30)31)28-25(21)24(20)27-17/h3-16,28H,1-2H3,(H,29,30,31). The van der Waals surface area contributed by atoms with Crippen LogP contribution in [0.3, 0.4) is 0 Å². The molecule has 1 atom stereocenters. The summed E-state index contributed by atoms with van der Waals surface area (Å²) in [4.78, 5) is 3.09. The van der Waals surface area contributed by atoms with E-state index in [-0.39, 0.29) is 0 Å². The third kappa shape index (κ3) is 3.28. The largest absolute Gasteiger partial charge is 0.359 e. The third-order valence-corrected chi connectivity index (χ3v) is 7.19. The number of hydrogen-bond acceptors (Lipinski definition) is 4. The maximum Gasteiger partial charge on any atom is 0.292 e. The first-order valence-electron chi connectivity index (χ1n) is 10.3. The first-order valence-corrected chi connectivity index (χ1v) is 11.7. The summed E-state index contributed by atoms with van der Waals surface area (Å²) in [6.07, 6.45) is 1.57. The van der Waals surface area contributed by atoms with E-state index in [1.54, 1.807) is 6.08 Å². The zero-order chi connectivity index (χ0) is 22.5. The molecular weight excluding hydrogens is 420 g/mol. The summed E-state index contributed by atoms with van der Waals surface area (Å²) in [7, 11) is -4.47. The second kappa shape index (κ2) is 7.29. The second-order valence-corrected chi connectivity index (χ2v) is 9.99. The van der Waals surface area contributed by atoms with Gasteiger partial charge < -0.3 is 5.32 Å². The number of nitrogens with one attached hydrogen (secondary N) is 1. The number of aromatic nitrogens is 1. The van der Waals surface area contributed by atoms with Crippen LogP contribution in [0.5, 0.6) is 0 Å². The Labute approximate surface area is 187 Å². The van der Waals surface area contributed by atoms with Crippen LogP contribution in [0.1, 0.15) is 23.7 Å². The highest BCUT2D eigenvalue weighted by Crippen LogP contribution is 2.44. The number of aryl methyl sites for hydroxylation is 1. The molecule has 4 aromatic rings. The zero-order valence-electron chi connectivity index (χ0n) is 17.7. The van der Waals surface area contributed by atoms with Gasteiger partial charge in [-0.3, -0.25) is 9.54 Å². The average Bonchev–Trinajstić information content (AvgIpc) is 2.78. The Kier molecular flexibility index (Phi) is 4.65. The van der Waals surface area contributed by atoms with E-state index in [0.29, 0.717) is 11.2 Å². The Balaban J connectivity index is 1.85. The van der Waals surface area contributed by atoms with Gasteiger partial charge >= 0.3 is 0 Å². The van der Waals surface area contributed by atoms with Crippen LogP contribution in [0.25, 0.3) is 27.6 Å². The molecule has 1 aliphatic rings. The number of benzene rings is 3. The van der Waals surface area contributed by atoms with E-state index in [4.69, 9.17) is 4.98 Å². The van der Waals surface area contributed by atoms with Gasteiger partial charge in [0.2, 0.25) is 0 Å². The highest BCUT2D eigenvalue weighted by atomic mass is 32.2. The zero-order valence-corrected chi connectivity index (χ0v) is 18.5. The average molecular weight is 443 g/mol. The number of fused-ring (bicyclic) bond motifs is 3. The molecule has 0 amide bonds. The Morgan fingerprint density at radius 3 is 2.12 bits per heavy atom. The van der Waals surface area contributed by atoms with E-state index < -0.39 is 15.0 Å². The number of pyridine rings is 1. The van der Waals surface area contributed by atoms with E-state index >= 15 is 0 Å². The molecule has 0 bridgehead atoms. The molecule has 5 nitrogen and oxygen atoms in total. The molecule has 160 valence electrons. The van der Waals surface area contributed by atoms with Gasteiger partial charge in [0.15, 0.2) is 4.87 Å². The van der Waals surface area contributed by atoms with Gasteiger partial charge in [-0.1, -0.05) is 72.8 Å². The normalized spacial score (nSPS) is 18.0. The van der Waals surface area contributed by atoms with Gasteiger partial charge in [0.05, 0.1) is 11.2 Å². The molecule has 2 N–H and O–H groups in total. The highest BCUT2D eigenvalue weighted by Gasteiger charge is 2.41. The maximum absolute atomic E-state index is 12.4. The van der Waals surface area contributed by atoms with Gasteiger partial charge in [0, 0.05) is 16.6 Å². The molecule has 0 saturated heterocycles. The van der Waals surface area contributed by atoms with Crippen molar-refractivity contribution in [3.8, 4) is 11.1 Å². The van der Waals surface area contributed by atoms with Crippen molar-refractivity contribution in [1.82, 2.24) is 4.98 Å². The minimum atomic E-state index is -4.47. The number of hydrogen-bond donors (Lipinski definition) is 2. The summed E-state index contributed by atoms with van der Waals surface area (Å²) in [5.74, 6) is 0. The van der Waals surface area contributed by atoms with Crippen LogP contribution in [0.4, 0.5) is 5.69 Å². The van der Waals surface area contributed by atoms with Gasteiger partial charge in [-0.15, -0.1) is 0 Å². The van der Waals surface area contributed by atoms with Crippen molar-refractivity contribution in [2.45, 2.75) is 18.7 Å². The number of rotatable bonds is 3. The molecule has 32 heavy (non-hydrogen) atoms. The molecule has 0 radical (unpaired) electrons. The number of nitrogens with zero attached hydrogens (tertiary/aromatic N) is 1. The lowest BCUT2D eigenvalue weighted by atomic mass is 9.89. The van der Waals surface area contributed by atoms with Crippen molar-refractivity contribution < 1.29 is 13.0 Å². The first-order chi connectivity index (χ1) is 15.3. The van der Waals surface area contributed by atoms with Crippen LogP contribution in [-0.4, -0.2) is 22.8 Å². The summed E-state index contributed by atoms with van der Waals surface area (Å²) in [5.41, 5.74) is 6.56. The summed E-state index contributed by atoms with van der Waals surface area (Å²) < 4.78 is 34.9. The quantitative estimate of drug-likeness (QED) is 0.400. The van der Waals surface area contributed by atoms with Crippen LogP contribution in [-0.2, 0) is 10.1 Å². The van der Waals surface area contributed by atoms with Crippen molar-refractivity contribution in [2.75, 3.05) is 5.32 Å². The fourth-order valence-electron chi connectivity index (χ4n) is 4.26. The molecule has 5 rings (SSSR count). The second-order valence-electron chi connectivity index (χ2n) is 8.19. The van der Waals surface area contributed by atoms with Gasteiger partial charge in [-0.05, 0) is 48.3 Å². The Bertz CT molecular complexity index is 1480. The van der Waals surface area contributed by atoms with Gasteiger partial charge in [0.1, 0.15) is 0 Å². The topological polar surface area (TPSA) is 79.3 Å². The van der Waals surface area contributed by atoms with E-state index in [1.165, 1.54) is 6.92 Å². The fourth-order valence-corrected chi connectivity index (χ4v) is 4.76.